The lowest BCUT2D eigenvalue weighted by Gasteiger charge is -2.15. The van der Waals surface area contributed by atoms with Crippen LogP contribution in [0, 0.1) is 0 Å². The van der Waals surface area contributed by atoms with E-state index in [1.165, 1.54) is 0 Å². The van der Waals surface area contributed by atoms with Gasteiger partial charge in [0.05, 0.1) is 0 Å². The van der Waals surface area contributed by atoms with Crippen molar-refractivity contribution in [3.05, 3.63) is 29.8 Å². The fraction of sp³-hybridized carbons (Fsp3) is 0.500. The number of hydrogen-bond donors (Lipinski definition) is 2. The van der Waals surface area contributed by atoms with Crippen LogP contribution in [0.2, 0.25) is 0 Å². The van der Waals surface area contributed by atoms with E-state index < -0.39 is 5.97 Å². The van der Waals surface area contributed by atoms with Crippen molar-refractivity contribution in [2.24, 2.45) is 0 Å². The molecular formula is C16H22N2O4. The van der Waals surface area contributed by atoms with Crippen molar-refractivity contribution in [1.29, 1.82) is 0 Å². The lowest BCUT2D eigenvalue weighted by Crippen LogP contribution is -2.28. The molecule has 0 aromatic heterocycles. The highest BCUT2D eigenvalue weighted by molar-refractivity contribution is 5.77. The first-order valence-electron chi connectivity index (χ1n) is 7.57. The summed E-state index contributed by atoms with van der Waals surface area (Å²) in [6, 6.07) is 7.36. The Labute approximate surface area is 130 Å². The molecule has 1 amide bonds. The van der Waals surface area contributed by atoms with Crippen molar-refractivity contribution in [2.75, 3.05) is 26.2 Å². The molecule has 0 saturated carbocycles. The number of rotatable bonds is 9. The molecule has 1 heterocycles. The zero-order valence-corrected chi connectivity index (χ0v) is 12.6. The molecule has 1 fully saturated rings. The summed E-state index contributed by atoms with van der Waals surface area (Å²) in [5, 5.41) is 11.9. The molecule has 2 rings (SSSR count). The smallest absolute Gasteiger partial charge is 0.341 e. The van der Waals surface area contributed by atoms with Crippen molar-refractivity contribution in [1.82, 2.24) is 10.2 Å². The SMILES string of the molecule is O=C(O)COc1ccc(CNCCCN2CCCC2=O)cc1. The Morgan fingerprint density at radius 3 is 2.73 bits per heavy atom. The number of aliphatic carboxylic acids is 1. The van der Waals surface area contributed by atoms with E-state index in [0.29, 0.717) is 12.2 Å². The number of hydrogen-bond acceptors (Lipinski definition) is 4. The van der Waals surface area contributed by atoms with Gasteiger partial charge in [0.25, 0.3) is 0 Å². The summed E-state index contributed by atoms with van der Waals surface area (Å²) < 4.78 is 5.08. The first kappa shape index (κ1) is 16.3. The molecule has 22 heavy (non-hydrogen) atoms. The van der Waals surface area contributed by atoms with E-state index in [4.69, 9.17) is 9.84 Å². The fourth-order valence-electron chi connectivity index (χ4n) is 2.42. The van der Waals surface area contributed by atoms with Gasteiger partial charge in [0.1, 0.15) is 5.75 Å². The van der Waals surface area contributed by atoms with Gasteiger partial charge in [-0.25, -0.2) is 4.79 Å². The Kier molecular flexibility index (Phi) is 6.21. The molecule has 120 valence electrons. The third-order valence-corrected chi connectivity index (χ3v) is 3.57. The minimum absolute atomic E-state index is 0.275. The van der Waals surface area contributed by atoms with Crippen molar-refractivity contribution >= 4 is 11.9 Å². The number of carboxylic acids is 1. The van der Waals surface area contributed by atoms with Crippen molar-refractivity contribution in [3.8, 4) is 5.75 Å². The number of carbonyl (C=O) groups excluding carboxylic acids is 1. The average Bonchev–Trinajstić information content (AvgIpc) is 2.91. The maximum atomic E-state index is 11.4. The normalized spacial score (nSPS) is 14.4. The van der Waals surface area contributed by atoms with Crippen molar-refractivity contribution in [2.45, 2.75) is 25.8 Å². The van der Waals surface area contributed by atoms with Gasteiger partial charge in [0.2, 0.25) is 5.91 Å². The molecule has 1 saturated heterocycles. The van der Waals surface area contributed by atoms with E-state index in [9.17, 15) is 9.59 Å². The highest BCUT2D eigenvalue weighted by atomic mass is 16.5. The number of benzene rings is 1. The Bertz CT molecular complexity index is 501. The molecule has 0 unspecified atom stereocenters. The van der Waals surface area contributed by atoms with E-state index in [-0.39, 0.29) is 12.5 Å². The first-order chi connectivity index (χ1) is 10.6. The highest BCUT2D eigenvalue weighted by Crippen LogP contribution is 2.12. The van der Waals surface area contributed by atoms with Crippen LogP contribution in [0.1, 0.15) is 24.8 Å². The van der Waals surface area contributed by atoms with Crippen molar-refractivity contribution in [3.63, 3.8) is 0 Å². The van der Waals surface area contributed by atoms with Crippen LogP contribution in [0.15, 0.2) is 24.3 Å². The van der Waals surface area contributed by atoms with Crippen LogP contribution in [-0.4, -0.2) is 48.1 Å². The molecule has 6 heteroatoms. The Hall–Kier alpha value is -2.08. The van der Waals surface area contributed by atoms with Gasteiger partial charge in [-0.05, 0) is 37.1 Å². The number of nitrogens with one attached hydrogen (secondary N) is 1. The van der Waals surface area contributed by atoms with E-state index >= 15 is 0 Å². The first-order valence-corrected chi connectivity index (χ1v) is 7.57. The second-order valence-electron chi connectivity index (χ2n) is 5.34. The van der Waals surface area contributed by atoms with Crippen molar-refractivity contribution < 1.29 is 19.4 Å². The van der Waals surface area contributed by atoms with Crippen LogP contribution in [0.25, 0.3) is 0 Å². The number of ether oxygens (including phenoxy) is 1. The summed E-state index contributed by atoms with van der Waals surface area (Å²) in [6.07, 6.45) is 2.64. The van der Waals surface area contributed by atoms with Crippen LogP contribution in [-0.2, 0) is 16.1 Å². The molecule has 0 atom stereocenters. The Morgan fingerprint density at radius 1 is 1.32 bits per heavy atom. The van der Waals surface area contributed by atoms with E-state index in [0.717, 1.165) is 44.6 Å². The lowest BCUT2D eigenvalue weighted by atomic mass is 10.2. The molecule has 0 spiro atoms. The minimum atomic E-state index is -0.984. The van der Waals surface area contributed by atoms with E-state index in [2.05, 4.69) is 5.32 Å². The quantitative estimate of drug-likeness (QED) is 0.671. The number of carbonyl (C=O) groups is 2. The van der Waals surface area contributed by atoms with Gasteiger partial charge in [0.15, 0.2) is 6.61 Å². The molecule has 2 N–H and O–H groups in total. The molecular weight excluding hydrogens is 284 g/mol. The van der Waals surface area contributed by atoms with Gasteiger partial charge in [-0.15, -0.1) is 0 Å². The molecule has 1 aromatic rings. The second-order valence-corrected chi connectivity index (χ2v) is 5.34. The van der Waals surface area contributed by atoms with E-state index in [1.54, 1.807) is 12.1 Å². The Morgan fingerprint density at radius 2 is 2.09 bits per heavy atom. The molecule has 0 aliphatic carbocycles. The molecule has 1 aromatic carbocycles. The zero-order valence-electron chi connectivity index (χ0n) is 12.6. The number of amides is 1. The van der Waals surface area contributed by atoms with Crippen LogP contribution in [0.3, 0.4) is 0 Å². The summed E-state index contributed by atoms with van der Waals surface area (Å²) in [6.45, 7) is 3.01. The van der Waals surface area contributed by atoms with Crippen LogP contribution in [0.5, 0.6) is 5.75 Å². The summed E-state index contributed by atoms with van der Waals surface area (Å²) in [7, 11) is 0. The standard InChI is InChI=1S/C16H22N2O4/c19-15-3-1-9-18(15)10-2-8-17-11-13-4-6-14(7-5-13)22-12-16(20)21/h4-7,17H,1-3,8-12H2,(H,20,21). The van der Waals surface area contributed by atoms with Crippen LogP contribution >= 0.6 is 0 Å². The van der Waals surface area contributed by atoms with Gasteiger partial charge in [-0.3, -0.25) is 4.79 Å². The predicted octanol–water partition coefficient (Wildman–Crippen LogP) is 1.25. The zero-order chi connectivity index (χ0) is 15.8. The maximum absolute atomic E-state index is 11.4. The summed E-state index contributed by atoms with van der Waals surface area (Å²) in [4.78, 5) is 23.8. The summed E-state index contributed by atoms with van der Waals surface area (Å²) in [5.41, 5.74) is 1.11. The molecule has 1 aliphatic heterocycles. The lowest BCUT2D eigenvalue weighted by molar-refractivity contribution is -0.139. The van der Waals surface area contributed by atoms with E-state index in [1.807, 2.05) is 17.0 Å². The van der Waals surface area contributed by atoms with Crippen LogP contribution < -0.4 is 10.1 Å². The molecule has 0 bridgehead atoms. The van der Waals surface area contributed by atoms with Gasteiger partial charge in [0, 0.05) is 26.1 Å². The summed E-state index contributed by atoms with van der Waals surface area (Å²) in [5.74, 6) is -0.155. The maximum Gasteiger partial charge on any atom is 0.341 e. The van der Waals surface area contributed by atoms with Gasteiger partial charge in [-0.1, -0.05) is 12.1 Å². The average molecular weight is 306 g/mol. The minimum Gasteiger partial charge on any atom is -0.482 e. The predicted molar refractivity (Wildman–Crippen MR) is 81.7 cm³/mol. The van der Waals surface area contributed by atoms with Gasteiger partial charge in [-0.2, -0.15) is 0 Å². The second kappa shape index (κ2) is 8.38. The third-order valence-electron chi connectivity index (χ3n) is 3.57. The fourth-order valence-corrected chi connectivity index (χ4v) is 2.42. The molecule has 0 radical (unpaired) electrons. The topological polar surface area (TPSA) is 78.9 Å². The summed E-state index contributed by atoms with van der Waals surface area (Å²) >= 11 is 0. The molecule has 1 aliphatic rings. The number of carboxylic acid groups (broad SMARTS) is 1. The van der Waals surface area contributed by atoms with Gasteiger partial charge < -0.3 is 20.1 Å². The number of likely N-dealkylation sites (tertiary alicyclic amines) is 1. The largest absolute Gasteiger partial charge is 0.482 e. The Balaban J connectivity index is 1.60. The third kappa shape index (κ3) is 5.37. The number of nitrogens with zero attached hydrogens (tertiary/aromatic N) is 1. The van der Waals surface area contributed by atoms with Gasteiger partial charge >= 0.3 is 5.97 Å². The highest BCUT2D eigenvalue weighted by Gasteiger charge is 2.18. The molecule has 6 nitrogen and oxygen atoms in total. The monoisotopic (exact) mass is 306 g/mol. The van der Waals surface area contributed by atoms with Crippen LogP contribution in [0.4, 0.5) is 0 Å².